The van der Waals surface area contributed by atoms with Crippen LogP contribution >= 0.6 is 0 Å². The van der Waals surface area contributed by atoms with Crippen LogP contribution in [0.4, 0.5) is 0 Å². The van der Waals surface area contributed by atoms with Gasteiger partial charge in [-0.2, -0.15) is 0 Å². The van der Waals surface area contributed by atoms with Gasteiger partial charge in [0.1, 0.15) is 0 Å². The Hall–Kier alpha value is -1.30. The average Bonchev–Trinajstić information content (AvgIpc) is 2.59. The van der Waals surface area contributed by atoms with E-state index in [1.54, 1.807) is 0 Å². The minimum absolute atomic E-state index is 0.0279. The Bertz CT molecular complexity index is 419. The van der Waals surface area contributed by atoms with E-state index in [-0.39, 0.29) is 11.9 Å². The molecule has 2 aliphatic rings. The third-order valence-corrected chi connectivity index (χ3v) is 5.19. The number of guanidine groups is 1. The molecular weight excluding hydrogens is 304 g/mol. The molecule has 0 aromatic heterocycles. The van der Waals surface area contributed by atoms with E-state index in [2.05, 4.69) is 27.6 Å². The minimum atomic E-state index is -0.0279. The number of hydrogen-bond acceptors (Lipinski definition) is 4. The summed E-state index contributed by atoms with van der Waals surface area (Å²) in [5, 5.41) is 7.00. The predicted molar refractivity (Wildman–Crippen MR) is 97.1 cm³/mol. The smallest absolute Gasteiger partial charge is 0.308 e. The van der Waals surface area contributed by atoms with Gasteiger partial charge in [-0.25, -0.2) is 0 Å². The molecule has 2 fully saturated rings. The SMILES string of the molecule is CCOC(=O)C1CCC(NC(=NC)NCC2CCCN(C)C2)CC1. The first-order valence-electron chi connectivity index (χ1n) is 9.44. The van der Waals surface area contributed by atoms with Crippen LogP contribution < -0.4 is 10.6 Å². The summed E-state index contributed by atoms with van der Waals surface area (Å²) in [6.07, 6.45) is 6.38. The Labute approximate surface area is 146 Å². The van der Waals surface area contributed by atoms with E-state index in [9.17, 15) is 4.79 Å². The van der Waals surface area contributed by atoms with E-state index in [1.165, 1.54) is 19.4 Å². The van der Waals surface area contributed by atoms with E-state index in [1.807, 2.05) is 14.0 Å². The number of carbonyl (C=O) groups excluding carboxylic acids is 1. The van der Waals surface area contributed by atoms with Crippen molar-refractivity contribution < 1.29 is 9.53 Å². The van der Waals surface area contributed by atoms with Crippen molar-refractivity contribution in [3.63, 3.8) is 0 Å². The maximum Gasteiger partial charge on any atom is 0.308 e. The number of aliphatic imine (C=N–C) groups is 1. The summed E-state index contributed by atoms with van der Waals surface area (Å²) in [4.78, 5) is 18.6. The molecule has 24 heavy (non-hydrogen) atoms. The molecule has 1 saturated carbocycles. The summed E-state index contributed by atoms with van der Waals surface area (Å²) in [7, 11) is 4.02. The molecule has 0 amide bonds. The van der Waals surface area contributed by atoms with Crippen LogP contribution in [0.3, 0.4) is 0 Å². The van der Waals surface area contributed by atoms with E-state index in [0.29, 0.717) is 18.6 Å². The Morgan fingerprint density at radius 3 is 2.62 bits per heavy atom. The molecule has 2 N–H and O–H groups in total. The first kappa shape index (κ1) is 19.0. The lowest BCUT2D eigenvalue weighted by Crippen LogP contribution is -2.48. The lowest BCUT2D eigenvalue weighted by molar-refractivity contribution is -0.149. The summed E-state index contributed by atoms with van der Waals surface area (Å²) >= 11 is 0. The molecule has 0 aromatic rings. The molecule has 2 rings (SSSR count). The van der Waals surface area contributed by atoms with Crippen LogP contribution in [0, 0.1) is 11.8 Å². The monoisotopic (exact) mass is 338 g/mol. The Kier molecular flexibility index (Phi) is 7.82. The quantitative estimate of drug-likeness (QED) is 0.453. The number of nitrogens with one attached hydrogen (secondary N) is 2. The van der Waals surface area contributed by atoms with Gasteiger partial charge in [-0.1, -0.05) is 0 Å². The number of carbonyl (C=O) groups is 1. The van der Waals surface area contributed by atoms with Crippen molar-refractivity contribution in [3.05, 3.63) is 0 Å². The second-order valence-corrected chi connectivity index (χ2v) is 7.17. The Morgan fingerprint density at radius 1 is 1.25 bits per heavy atom. The zero-order chi connectivity index (χ0) is 17.4. The molecule has 1 aliphatic heterocycles. The van der Waals surface area contributed by atoms with Crippen molar-refractivity contribution in [3.8, 4) is 0 Å². The van der Waals surface area contributed by atoms with Crippen LogP contribution in [-0.2, 0) is 9.53 Å². The van der Waals surface area contributed by atoms with Gasteiger partial charge in [0.15, 0.2) is 5.96 Å². The predicted octanol–water partition coefficient (Wildman–Crippen LogP) is 1.62. The van der Waals surface area contributed by atoms with Crippen LogP contribution in [0.25, 0.3) is 0 Å². The fourth-order valence-corrected chi connectivity index (χ4v) is 3.80. The van der Waals surface area contributed by atoms with E-state index in [0.717, 1.165) is 44.7 Å². The normalized spacial score (nSPS) is 29.1. The first-order valence-corrected chi connectivity index (χ1v) is 9.44. The zero-order valence-electron chi connectivity index (χ0n) is 15.5. The maximum atomic E-state index is 11.8. The van der Waals surface area contributed by atoms with Gasteiger partial charge in [0, 0.05) is 26.2 Å². The van der Waals surface area contributed by atoms with Crippen LogP contribution in [-0.4, -0.2) is 63.2 Å². The highest BCUT2D eigenvalue weighted by Gasteiger charge is 2.27. The molecule has 0 spiro atoms. The lowest BCUT2D eigenvalue weighted by Gasteiger charge is -2.31. The van der Waals surface area contributed by atoms with Crippen molar-refractivity contribution in [1.29, 1.82) is 0 Å². The van der Waals surface area contributed by atoms with Crippen LogP contribution in [0.5, 0.6) is 0 Å². The van der Waals surface area contributed by atoms with Gasteiger partial charge in [0.2, 0.25) is 0 Å². The fraction of sp³-hybridized carbons (Fsp3) is 0.889. The lowest BCUT2D eigenvalue weighted by atomic mass is 9.86. The molecule has 6 heteroatoms. The van der Waals surface area contributed by atoms with Crippen molar-refractivity contribution in [2.75, 3.05) is 40.3 Å². The van der Waals surface area contributed by atoms with Gasteiger partial charge < -0.3 is 20.3 Å². The number of rotatable bonds is 5. The second kappa shape index (κ2) is 9.87. The van der Waals surface area contributed by atoms with Gasteiger partial charge in [-0.05, 0) is 65.0 Å². The van der Waals surface area contributed by atoms with E-state index in [4.69, 9.17) is 4.74 Å². The molecule has 1 unspecified atom stereocenters. The number of piperidine rings is 1. The third kappa shape index (κ3) is 5.96. The molecule has 1 heterocycles. The van der Waals surface area contributed by atoms with Crippen LogP contribution in [0.1, 0.15) is 45.4 Å². The number of esters is 1. The standard InChI is InChI=1S/C18H34N4O2/c1-4-24-17(23)15-7-9-16(10-8-15)21-18(19-2)20-12-14-6-5-11-22(3)13-14/h14-16H,4-13H2,1-3H3,(H2,19,20,21). The van der Waals surface area contributed by atoms with E-state index < -0.39 is 0 Å². The summed E-state index contributed by atoms with van der Waals surface area (Å²) in [5.74, 6) is 1.64. The second-order valence-electron chi connectivity index (χ2n) is 7.17. The Morgan fingerprint density at radius 2 is 2.00 bits per heavy atom. The van der Waals surface area contributed by atoms with Crippen molar-refractivity contribution in [1.82, 2.24) is 15.5 Å². The molecule has 6 nitrogen and oxygen atoms in total. The van der Waals surface area contributed by atoms with Crippen molar-refractivity contribution in [2.45, 2.75) is 51.5 Å². The van der Waals surface area contributed by atoms with Crippen LogP contribution in [0.15, 0.2) is 4.99 Å². The van der Waals surface area contributed by atoms with E-state index >= 15 is 0 Å². The summed E-state index contributed by atoms with van der Waals surface area (Å²) < 4.78 is 5.13. The zero-order valence-corrected chi connectivity index (χ0v) is 15.5. The molecule has 0 bridgehead atoms. The molecular formula is C18H34N4O2. The summed E-state index contributed by atoms with van der Waals surface area (Å²) in [6.45, 7) is 5.69. The largest absolute Gasteiger partial charge is 0.466 e. The summed E-state index contributed by atoms with van der Waals surface area (Å²) in [6, 6.07) is 0.399. The summed E-state index contributed by atoms with van der Waals surface area (Å²) in [5.41, 5.74) is 0. The molecule has 138 valence electrons. The highest BCUT2D eigenvalue weighted by atomic mass is 16.5. The molecule has 1 saturated heterocycles. The fourth-order valence-electron chi connectivity index (χ4n) is 3.80. The van der Waals surface area contributed by atoms with Crippen LogP contribution in [0.2, 0.25) is 0 Å². The molecule has 0 radical (unpaired) electrons. The molecule has 1 aliphatic carbocycles. The van der Waals surface area contributed by atoms with Crippen molar-refractivity contribution in [2.24, 2.45) is 16.8 Å². The van der Waals surface area contributed by atoms with Gasteiger partial charge in [-0.3, -0.25) is 9.79 Å². The van der Waals surface area contributed by atoms with Crippen molar-refractivity contribution >= 4 is 11.9 Å². The third-order valence-electron chi connectivity index (χ3n) is 5.19. The van der Waals surface area contributed by atoms with Gasteiger partial charge in [0.25, 0.3) is 0 Å². The van der Waals surface area contributed by atoms with Gasteiger partial charge in [0.05, 0.1) is 12.5 Å². The topological polar surface area (TPSA) is 66.0 Å². The Balaban J connectivity index is 1.69. The molecule has 0 aromatic carbocycles. The van der Waals surface area contributed by atoms with Gasteiger partial charge in [-0.15, -0.1) is 0 Å². The number of likely N-dealkylation sites (tertiary alicyclic amines) is 1. The number of ether oxygens (including phenoxy) is 1. The molecule has 1 atom stereocenters. The highest BCUT2D eigenvalue weighted by molar-refractivity contribution is 5.80. The maximum absolute atomic E-state index is 11.8. The number of nitrogens with zero attached hydrogens (tertiary/aromatic N) is 2. The number of hydrogen-bond donors (Lipinski definition) is 2. The minimum Gasteiger partial charge on any atom is -0.466 e. The average molecular weight is 338 g/mol. The van der Waals surface area contributed by atoms with Gasteiger partial charge >= 0.3 is 5.97 Å². The highest BCUT2D eigenvalue weighted by Crippen LogP contribution is 2.25. The first-order chi connectivity index (χ1) is 11.6.